The Morgan fingerprint density at radius 1 is 1.24 bits per heavy atom. The van der Waals surface area contributed by atoms with E-state index in [1.807, 2.05) is 0 Å². The van der Waals surface area contributed by atoms with Crippen molar-refractivity contribution in [3.63, 3.8) is 0 Å². The number of phenols is 2. The number of nitrogens with one attached hydrogen (secondary N) is 2. The van der Waals surface area contributed by atoms with Crippen molar-refractivity contribution in [3.8, 4) is 11.5 Å². The van der Waals surface area contributed by atoms with Crippen LogP contribution in [0.3, 0.4) is 0 Å². The molecule has 29 heavy (non-hydrogen) atoms. The molecule has 1 aliphatic carbocycles. The number of halogens is 2. The van der Waals surface area contributed by atoms with Gasteiger partial charge < -0.3 is 20.6 Å². The van der Waals surface area contributed by atoms with E-state index in [0.29, 0.717) is 17.3 Å². The number of aliphatic hydroxyl groups is 1. The van der Waals surface area contributed by atoms with Gasteiger partial charge in [0.1, 0.15) is 22.0 Å². The van der Waals surface area contributed by atoms with E-state index in [1.165, 1.54) is 12.1 Å². The summed E-state index contributed by atoms with van der Waals surface area (Å²) >= 11 is 3.12. The van der Waals surface area contributed by atoms with Gasteiger partial charge >= 0.3 is 0 Å². The molecule has 2 aromatic carbocycles. The molecule has 2 aromatic rings. The van der Waals surface area contributed by atoms with Crippen LogP contribution in [-0.2, 0) is 10.0 Å². The van der Waals surface area contributed by atoms with Crippen molar-refractivity contribution in [1.82, 2.24) is 5.32 Å². The van der Waals surface area contributed by atoms with Gasteiger partial charge in [-0.2, -0.15) is 0 Å². The lowest BCUT2D eigenvalue weighted by molar-refractivity contribution is 0.0937. The molecule has 8 nitrogen and oxygen atoms in total. The van der Waals surface area contributed by atoms with Gasteiger partial charge in [0, 0.05) is 11.0 Å². The third-order valence-corrected chi connectivity index (χ3v) is 6.25. The summed E-state index contributed by atoms with van der Waals surface area (Å²) in [6.07, 6.45) is 1.33. The van der Waals surface area contributed by atoms with E-state index in [4.69, 9.17) is 5.11 Å². The number of carbonyl (C=O) groups excluding carboxylic acids is 1. The van der Waals surface area contributed by atoms with E-state index in [-0.39, 0.29) is 23.7 Å². The summed E-state index contributed by atoms with van der Waals surface area (Å²) in [5.41, 5.74) is -0.992. The largest absolute Gasteiger partial charge is 0.507 e. The van der Waals surface area contributed by atoms with Crippen molar-refractivity contribution < 1.29 is 32.9 Å². The van der Waals surface area contributed by atoms with Crippen molar-refractivity contribution in [1.29, 1.82) is 0 Å². The molecule has 0 bridgehead atoms. The van der Waals surface area contributed by atoms with Gasteiger partial charge in [-0.15, -0.1) is 0 Å². The zero-order chi connectivity index (χ0) is 21.3. The zero-order valence-corrected chi connectivity index (χ0v) is 17.3. The van der Waals surface area contributed by atoms with E-state index in [2.05, 4.69) is 26.0 Å². The number of aromatic hydroxyl groups is 2. The molecule has 0 spiro atoms. The second kappa shape index (κ2) is 8.17. The van der Waals surface area contributed by atoms with Gasteiger partial charge in [-0.25, -0.2) is 12.8 Å². The van der Waals surface area contributed by atoms with Crippen LogP contribution in [0.2, 0.25) is 0 Å². The Balaban J connectivity index is 2.08. The lowest BCUT2D eigenvalue weighted by Crippen LogP contribution is -2.28. The first kappa shape index (κ1) is 21.3. The lowest BCUT2D eigenvalue weighted by atomic mass is 10.0. The monoisotopic (exact) mass is 488 g/mol. The van der Waals surface area contributed by atoms with Crippen molar-refractivity contribution >= 4 is 37.5 Å². The highest BCUT2D eigenvalue weighted by Crippen LogP contribution is 2.46. The highest BCUT2D eigenvalue weighted by molar-refractivity contribution is 9.10. The zero-order valence-electron chi connectivity index (χ0n) is 14.9. The molecule has 1 aliphatic rings. The summed E-state index contributed by atoms with van der Waals surface area (Å²) in [6, 6.07) is 4.93. The molecule has 0 unspecified atom stereocenters. The Bertz CT molecular complexity index is 1070. The summed E-state index contributed by atoms with van der Waals surface area (Å²) in [5, 5.41) is 31.4. The van der Waals surface area contributed by atoms with Gasteiger partial charge in [-0.05, 0) is 48.6 Å². The van der Waals surface area contributed by atoms with Gasteiger partial charge in [0.2, 0.25) is 0 Å². The average Bonchev–Trinajstić information content (AvgIpc) is 3.49. The Labute approximate surface area is 174 Å². The number of phenolic OH excluding ortho intramolecular Hbond substituents is 2. The number of benzene rings is 2. The van der Waals surface area contributed by atoms with Crippen molar-refractivity contribution in [2.45, 2.75) is 23.7 Å². The minimum atomic E-state index is -4.37. The number of amides is 1. The predicted molar refractivity (Wildman–Crippen MR) is 106 cm³/mol. The van der Waals surface area contributed by atoms with E-state index >= 15 is 0 Å². The first-order valence-electron chi connectivity index (χ1n) is 8.61. The summed E-state index contributed by atoms with van der Waals surface area (Å²) in [4.78, 5) is 11.8. The molecule has 1 saturated carbocycles. The maximum absolute atomic E-state index is 14.8. The van der Waals surface area contributed by atoms with Gasteiger partial charge in [0.15, 0.2) is 5.75 Å². The molecular weight excluding hydrogens is 471 g/mol. The topological polar surface area (TPSA) is 136 Å². The average molecular weight is 489 g/mol. The molecule has 1 amide bonds. The molecule has 0 heterocycles. The molecule has 0 radical (unpaired) electrons. The van der Waals surface area contributed by atoms with Crippen molar-refractivity contribution in [3.05, 3.63) is 45.7 Å². The first-order chi connectivity index (χ1) is 13.7. The fourth-order valence-corrected chi connectivity index (χ4v) is 4.50. The standard InChI is InChI=1S/C18H18BrFN2O6S/c19-10-3-4-13(24)14(7-10)29(27,28)22-12-8-11(9-1-2-9)16(20)15(17(12)25)18(26)21-5-6-23/h3-4,7-9,22-25H,1-2,5-6H2,(H,21,26). The van der Waals surface area contributed by atoms with Gasteiger partial charge in [-0.3, -0.25) is 9.52 Å². The smallest absolute Gasteiger partial charge is 0.265 e. The molecule has 0 atom stereocenters. The van der Waals surface area contributed by atoms with E-state index in [0.717, 1.165) is 12.1 Å². The number of hydrogen-bond donors (Lipinski definition) is 5. The van der Waals surface area contributed by atoms with Crippen LogP contribution in [0, 0.1) is 5.82 Å². The van der Waals surface area contributed by atoms with Gasteiger partial charge in [-0.1, -0.05) is 15.9 Å². The third-order valence-electron chi connectivity index (χ3n) is 4.36. The second-order valence-corrected chi connectivity index (χ2v) is 9.09. The molecule has 11 heteroatoms. The van der Waals surface area contributed by atoms with Crippen LogP contribution < -0.4 is 10.0 Å². The van der Waals surface area contributed by atoms with Crippen LogP contribution in [0.25, 0.3) is 0 Å². The summed E-state index contributed by atoms with van der Waals surface area (Å²) < 4.78 is 42.8. The summed E-state index contributed by atoms with van der Waals surface area (Å²) in [5.74, 6) is -3.52. The lowest BCUT2D eigenvalue weighted by Gasteiger charge is -2.16. The Morgan fingerprint density at radius 3 is 2.55 bits per heavy atom. The van der Waals surface area contributed by atoms with Crippen LogP contribution >= 0.6 is 15.9 Å². The third kappa shape index (κ3) is 4.46. The highest BCUT2D eigenvalue weighted by atomic mass is 79.9. The Morgan fingerprint density at radius 2 is 1.93 bits per heavy atom. The van der Waals surface area contributed by atoms with Crippen molar-refractivity contribution in [2.24, 2.45) is 0 Å². The van der Waals surface area contributed by atoms with E-state index in [1.54, 1.807) is 0 Å². The fraction of sp³-hybridized carbons (Fsp3) is 0.278. The summed E-state index contributed by atoms with van der Waals surface area (Å²) in [6.45, 7) is -0.559. The van der Waals surface area contributed by atoms with Crippen LogP contribution in [-0.4, -0.2) is 42.8 Å². The molecule has 0 aromatic heterocycles. The number of sulfonamides is 1. The van der Waals surface area contributed by atoms with Crippen molar-refractivity contribution in [2.75, 3.05) is 17.9 Å². The van der Waals surface area contributed by atoms with Crippen LogP contribution in [0.1, 0.15) is 34.7 Å². The molecule has 0 aliphatic heterocycles. The Hall–Kier alpha value is -2.37. The number of hydrogen-bond acceptors (Lipinski definition) is 6. The quantitative estimate of drug-likeness (QED) is 0.379. The molecule has 0 saturated heterocycles. The van der Waals surface area contributed by atoms with Gasteiger partial charge in [0.25, 0.3) is 15.9 Å². The van der Waals surface area contributed by atoms with Crippen LogP contribution in [0.4, 0.5) is 10.1 Å². The molecule has 156 valence electrons. The van der Waals surface area contributed by atoms with Crippen LogP contribution in [0.5, 0.6) is 11.5 Å². The molecule has 3 rings (SSSR count). The van der Waals surface area contributed by atoms with Crippen LogP contribution in [0.15, 0.2) is 33.6 Å². The first-order valence-corrected chi connectivity index (χ1v) is 10.9. The maximum atomic E-state index is 14.8. The maximum Gasteiger partial charge on any atom is 0.265 e. The van der Waals surface area contributed by atoms with E-state index < -0.39 is 50.3 Å². The van der Waals surface area contributed by atoms with Gasteiger partial charge in [0.05, 0.1) is 12.3 Å². The molecular formula is C18H18BrFN2O6S. The molecule has 1 fully saturated rings. The predicted octanol–water partition coefficient (Wildman–Crippen LogP) is 2.40. The highest BCUT2D eigenvalue weighted by Gasteiger charge is 2.33. The second-order valence-electron chi connectivity index (χ2n) is 6.52. The number of carbonyl (C=O) groups is 1. The normalized spacial score (nSPS) is 13.9. The summed E-state index contributed by atoms with van der Waals surface area (Å²) in [7, 11) is -4.37. The van der Waals surface area contributed by atoms with E-state index in [9.17, 15) is 27.8 Å². The number of rotatable bonds is 7. The Kier molecular flexibility index (Phi) is 6.01. The number of anilines is 1. The number of aliphatic hydroxyl groups excluding tert-OH is 1. The SMILES string of the molecule is O=C(NCCO)c1c(O)c(NS(=O)(=O)c2cc(Br)ccc2O)cc(C2CC2)c1F. The fourth-order valence-electron chi connectivity index (χ4n) is 2.81. The molecule has 5 N–H and O–H groups in total. The minimum absolute atomic E-state index is 0.105. The minimum Gasteiger partial charge on any atom is -0.507 e.